The average Bonchev–Trinajstić information content (AvgIpc) is 2.36. The Balaban J connectivity index is 2.25. The van der Waals surface area contributed by atoms with Crippen molar-refractivity contribution >= 4 is 23.2 Å². The molecule has 0 radical (unpaired) electrons. The van der Waals surface area contributed by atoms with Crippen molar-refractivity contribution in [3.05, 3.63) is 52.3 Å². The summed E-state index contributed by atoms with van der Waals surface area (Å²) in [7, 11) is 1.47. The summed E-state index contributed by atoms with van der Waals surface area (Å²) in [4.78, 5) is 0. The number of halogens is 3. The van der Waals surface area contributed by atoms with Gasteiger partial charge in [0.15, 0.2) is 11.6 Å². The van der Waals surface area contributed by atoms with Gasteiger partial charge in [0, 0.05) is 12.1 Å². The zero-order valence-corrected chi connectivity index (χ0v) is 10.9. The first-order chi connectivity index (χ1) is 8.60. The summed E-state index contributed by atoms with van der Waals surface area (Å²) in [6, 6.07) is 9.05. The third-order valence-corrected chi connectivity index (χ3v) is 3.00. The summed E-state index contributed by atoms with van der Waals surface area (Å²) in [5, 5.41) is 0.766. The summed E-state index contributed by atoms with van der Waals surface area (Å²) < 4.78 is 23.9. The molecule has 0 saturated carbocycles. The quantitative estimate of drug-likeness (QED) is 0.796. The van der Waals surface area contributed by atoms with E-state index in [1.54, 1.807) is 18.2 Å². The molecule has 2 aromatic rings. The Morgan fingerprint density at radius 1 is 0.944 bits per heavy atom. The van der Waals surface area contributed by atoms with Gasteiger partial charge in [0.2, 0.25) is 0 Å². The van der Waals surface area contributed by atoms with Crippen molar-refractivity contribution in [2.24, 2.45) is 0 Å². The molecule has 2 aromatic carbocycles. The predicted octanol–water partition coefficient (Wildman–Crippen LogP) is 4.93. The van der Waals surface area contributed by atoms with E-state index in [9.17, 15) is 4.39 Å². The number of hydrogen-bond donors (Lipinski definition) is 0. The Morgan fingerprint density at radius 3 is 2.28 bits per heavy atom. The van der Waals surface area contributed by atoms with E-state index in [-0.39, 0.29) is 5.75 Å². The lowest BCUT2D eigenvalue weighted by molar-refractivity contribution is 0.402. The van der Waals surface area contributed by atoms with Crippen LogP contribution < -0.4 is 9.47 Å². The van der Waals surface area contributed by atoms with E-state index < -0.39 is 5.82 Å². The van der Waals surface area contributed by atoms with Crippen LogP contribution in [0.2, 0.25) is 10.0 Å². The van der Waals surface area contributed by atoms with Gasteiger partial charge in [-0.3, -0.25) is 0 Å². The number of hydrogen-bond acceptors (Lipinski definition) is 2. The predicted molar refractivity (Wildman–Crippen MR) is 69.5 cm³/mol. The van der Waals surface area contributed by atoms with Crippen LogP contribution in [0.4, 0.5) is 4.39 Å². The lowest BCUT2D eigenvalue weighted by atomic mass is 10.3. The maximum absolute atomic E-state index is 13.6. The highest BCUT2D eigenvalue weighted by Crippen LogP contribution is 2.31. The van der Waals surface area contributed by atoms with E-state index in [0.717, 1.165) is 0 Å². The maximum atomic E-state index is 13.6. The highest BCUT2D eigenvalue weighted by molar-refractivity contribution is 6.42. The molecule has 0 bridgehead atoms. The van der Waals surface area contributed by atoms with Crippen molar-refractivity contribution in [2.75, 3.05) is 7.11 Å². The van der Waals surface area contributed by atoms with Gasteiger partial charge >= 0.3 is 0 Å². The summed E-state index contributed by atoms with van der Waals surface area (Å²) in [6.07, 6.45) is 0. The van der Waals surface area contributed by atoms with Gasteiger partial charge in [-0.05, 0) is 24.3 Å². The molecule has 0 aliphatic carbocycles. The molecule has 0 aromatic heterocycles. The fourth-order valence-corrected chi connectivity index (χ4v) is 1.65. The highest BCUT2D eigenvalue weighted by atomic mass is 35.5. The lowest BCUT2D eigenvalue weighted by Crippen LogP contribution is -1.90. The molecule has 2 rings (SSSR count). The molecular formula is C13H9Cl2FO2. The summed E-state index contributed by atoms with van der Waals surface area (Å²) in [5.74, 6) is 0.414. The van der Waals surface area contributed by atoms with E-state index in [1.807, 2.05) is 0 Å². The van der Waals surface area contributed by atoms with Crippen LogP contribution in [0.5, 0.6) is 17.2 Å². The van der Waals surface area contributed by atoms with Crippen molar-refractivity contribution in [3.63, 3.8) is 0 Å². The Bertz CT molecular complexity index is 573. The van der Waals surface area contributed by atoms with Gasteiger partial charge in [-0.25, -0.2) is 4.39 Å². The number of rotatable bonds is 3. The monoisotopic (exact) mass is 286 g/mol. The molecule has 18 heavy (non-hydrogen) atoms. The molecule has 0 N–H and O–H groups in total. The molecule has 0 spiro atoms. The van der Waals surface area contributed by atoms with Crippen LogP contribution in [0.1, 0.15) is 0 Å². The first kappa shape index (κ1) is 13.0. The molecule has 0 unspecified atom stereocenters. The van der Waals surface area contributed by atoms with Crippen molar-refractivity contribution in [2.45, 2.75) is 0 Å². The zero-order chi connectivity index (χ0) is 13.1. The molecule has 0 aliphatic rings. The third-order valence-electron chi connectivity index (χ3n) is 2.26. The molecule has 0 saturated heterocycles. The first-order valence-electron chi connectivity index (χ1n) is 5.06. The Kier molecular flexibility index (Phi) is 3.94. The molecule has 2 nitrogen and oxygen atoms in total. The van der Waals surface area contributed by atoms with Crippen LogP contribution >= 0.6 is 23.2 Å². The van der Waals surface area contributed by atoms with Gasteiger partial charge in [0.1, 0.15) is 11.5 Å². The Labute approximate surface area is 114 Å². The Morgan fingerprint density at radius 2 is 1.67 bits per heavy atom. The molecule has 5 heteroatoms. The minimum absolute atomic E-state index is 0.0918. The molecule has 0 atom stereocenters. The van der Waals surface area contributed by atoms with Gasteiger partial charge < -0.3 is 9.47 Å². The van der Waals surface area contributed by atoms with Gasteiger partial charge in [-0.15, -0.1) is 0 Å². The van der Waals surface area contributed by atoms with E-state index in [4.69, 9.17) is 32.7 Å². The normalized spacial score (nSPS) is 10.2. The molecule has 0 aliphatic heterocycles. The molecule has 0 heterocycles. The standard InChI is InChI=1S/C13H9Cl2FO2/c1-17-8-3-5-13(12(16)7-8)18-9-2-4-10(14)11(15)6-9/h2-7H,1H3. The lowest BCUT2D eigenvalue weighted by Gasteiger charge is -2.08. The number of ether oxygens (including phenoxy) is 2. The summed E-state index contributed by atoms with van der Waals surface area (Å²) in [5.41, 5.74) is 0. The smallest absolute Gasteiger partial charge is 0.169 e. The average molecular weight is 287 g/mol. The molecule has 0 amide bonds. The van der Waals surface area contributed by atoms with E-state index in [0.29, 0.717) is 21.5 Å². The van der Waals surface area contributed by atoms with E-state index in [1.165, 1.54) is 25.3 Å². The van der Waals surface area contributed by atoms with Crippen LogP contribution in [0.3, 0.4) is 0 Å². The molecular weight excluding hydrogens is 278 g/mol. The van der Waals surface area contributed by atoms with Gasteiger partial charge in [0.25, 0.3) is 0 Å². The number of benzene rings is 2. The van der Waals surface area contributed by atoms with Crippen molar-refractivity contribution < 1.29 is 13.9 Å². The van der Waals surface area contributed by atoms with Crippen LogP contribution in [-0.2, 0) is 0 Å². The maximum Gasteiger partial charge on any atom is 0.169 e. The van der Waals surface area contributed by atoms with Crippen molar-refractivity contribution in [1.82, 2.24) is 0 Å². The van der Waals surface area contributed by atoms with E-state index in [2.05, 4.69) is 0 Å². The summed E-state index contributed by atoms with van der Waals surface area (Å²) in [6.45, 7) is 0. The highest BCUT2D eigenvalue weighted by Gasteiger charge is 2.07. The topological polar surface area (TPSA) is 18.5 Å². The van der Waals surface area contributed by atoms with Crippen LogP contribution in [-0.4, -0.2) is 7.11 Å². The molecule has 94 valence electrons. The van der Waals surface area contributed by atoms with Gasteiger partial charge in [-0.1, -0.05) is 23.2 Å². The van der Waals surface area contributed by atoms with E-state index >= 15 is 0 Å². The third kappa shape index (κ3) is 2.86. The van der Waals surface area contributed by atoms with Crippen LogP contribution in [0.25, 0.3) is 0 Å². The SMILES string of the molecule is COc1ccc(Oc2ccc(Cl)c(Cl)c2)c(F)c1. The molecule has 0 fully saturated rings. The van der Waals surface area contributed by atoms with Crippen molar-refractivity contribution in [1.29, 1.82) is 0 Å². The van der Waals surface area contributed by atoms with Crippen LogP contribution in [0.15, 0.2) is 36.4 Å². The largest absolute Gasteiger partial charge is 0.497 e. The Hall–Kier alpha value is -1.45. The minimum atomic E-state index is -0.513. The second kappa shape index (κ2) is 5.46. The first-order valence-corrected chi connectivity index (χ1v) is 5.82. The fourth-order valence-electron chi connectivity index (χ4n) is 1.36. The summed E-state index contributed by atoms with van der Waals surface area (Å²) >= 11 is 11.6. The van der Waals surface area contributed by atoms with Crippen LogP contribution in [0, 0.1) is 5.82 Å². The zero-order valence-electron chi connectivity index (χ0n) is 9.41. The van der Waals surface area contributed by atoms with Crippen molar-refractivity contribution in [3.8, 4) is 17.2 Å². The van der Waals surface area contributed by atoms with Gasteiger partial charge in [-0.2, -0.15) is 0 Å². The number of methoxy groups -OCH3 is 1. The fraction of sp³-hybridized carbons (Fsp3) is 0.0769. The second-order valence-electron chi connectivity index (χ2n) is 3.47. The second-order valence-corrected chi connectivity index (χ2v) is 4.29. The minimum Gasteiger partial charge on any atom is -0.497 e. The van der Waals surface area contributed by atoms with Gasteiger partial charge in [0.05, 0.1) is 17.2 Å².